The van der Waals surface area contributed by atoms with Crippen LogP contribution in [-0.2, 0) is 9.59 Å². The third-order valence-electron chi connectivity index (χ3n) is 0.902. The highest BCUT2D eigenvalue weighted by atomic mass is 16.4. The summed E-state index contributed by atoms with van der Waals surface area (Å²) in [5, 5.41) is 8.13. The summed E-state index contributed by atoms with van der Waals surface area (Å²) in [6.45, 7) is 0. The molecule has 0 unspecified atom stereocenters. The Morgan fingerprint density at radius 2 is 1.80 bits per heavy atom. The summed E-state index contributed by atoms with van der Waals surface area (Å²) >= 11 is 0. The van der Waals surface area contributed by atoms with Gasteiger partial charge in [-0.1, -0.05) is 0 Å². The normalized spacial score (nSPS) is 11.0. The van der Waals surface area contributed by atoms with Crippen LogP contribution < -0.4 is 17.2 Å². The first-order chi connectivity index (χ1) is 4.36. The largest absolute Gasteiger partial charge is 0.481 e. The molecule has 0 aliphatic carbocycles. The van der Waals surface area contributed by atoms with Crippen molar-refractivity contribution < 1.29 is 14.7 Å². The molecule has 0 aromatic carbocycles. The number of nitrogens with two attached hydrogens (primary N) is 3. The van der Waals surface area contributed by atoms with Crippen molar-refractivity contribution in [1.29, 1.82) is 0 Å². The van der Waals surface area contributed by atoms with Gasteiger partial charge in [-0.05, 0) is 0 Å². The molecule has 0 aromatic heterocycles. The number of carbonyl (C=O) groups is 2. The molecule has 0 saturated carbocycles. The molecule has 58 valence electrons. The summed E-state index contributed by atoms with van der Waals surface area (Å²) in [4.78, 5) is 20.2. The van der Waals surface area contributed by atoms with Crippen LogP contribution >= 0.6 is 0 Å². The van der Waals surface area contributed by atoms with Gasteiger partial charge in [-0.15, -0.1) is 0 Å². The first-order valence-corrected chi connectivity index (χ1v) is 2.45. The molecule has 0 aliphatic rings. The van der Waals surface area contributed by atoms with Crippen LogP contribution in [-0.4, -0.2) is 22.6 Å². The third kappa shape index (κ3) is 2.42. The maximum Gasteiger partial charge on any atom is 0.307 e. The number of carboxylic acids is 1. The van der Waals surface area contributed by atoms with E-state index in [4.69, 9.17) is 16.6 Å². The Labute approximate surface area is 57.0 Å². The molecule has 0 fully saturated rings. The number of hydrogen-bond donors (Lipinski definition) is 4. The van der Waals surface area contributed by atoms with Gasteiger partial charge in [0, 0.05) is 0 Å². The van der Waals surface area contributed by atoms with Crippen molar-refractivity contribution in [2.45, 2.75) is 12.1 Å². The Morgan fingerprint density at radius 3 is 1.90 bits per heavy atom. The van der Waals surface area contributed by atoms with E-state index in [1.807, 2.05) is 0 Å². The van der Waals surface area contributed by atoms with Crippen molar-refractivity contribution in [2.24, 2.45) is 17.2 Å². The topological polar surface area (TPSA) is 132 Å². The van der Waals surface area contributed by atoms with Gasteiger partial charge in [-0.3, -0.25) is 9.59 Å². The summed E-state index contributed by atoms with van der Waals surface area (Å²) in [6.07, 6.45) is -0.664. The van der Waals surface area contributed by atoms with Gasteiger partial charge < -0.3 is 22.3 Å². The first-order valence-electron chi connectivity index (χ1n) is 2.45. The van der Waals surface area contributed by atoms with Crippen molar-refractivity contribution in [1.82, 2.24) is 0 Å². The van der Waals surface area contributed by atoms with Gasteiger partial charge >= 0.3 is 5.97 Å². The lowest BCUT2D eigenvalue weighted by molar-refractivity contribution is -0.141. The Hall–Kier alpha value is -1.14. The second kappa shape index (κ2) is 2.63. The molecule has 0 aliphatic heterocycles. The number of carbonyl (C=O) groups excluding carboxylic acids is 1. The molecule has 0 saturated heterocycles. The zero-order valence-electron chi connectivity index (χ0n) is 5.20. The van der Waals surface area contributed by atoms with Crippen molar-refractivity contribution >= 4 is 11.9 Å². The highest BCUT2D eigenvalue weighted by Gasteiger charge is 2.29. The first kappa shape index (κ1) is 8.86. The number of primary amides is 1. The SMILES string of the molecule is NC(=O)C(N)(N)CC(=O)O. The minimum absolute atomic E-state index is 0.664. The average Bonchev–Trinajstić information content (AvgIpc) is 1.60. The van der Waals surface area contributed by atoms with E-state index in [-0.39, 0.29) is 0 Å². The maximum atomic E-state index is 10.3. The molecule has 1 amide bonds. The van der Waals surface area contributed by atoms with E-state index in [0.29, 0.717) is 0 Å². The van der Waals surface area contributed by atoms with E-state index in [9.17, 15) is 9.59 Å². The van der Waals surface area contributed by atoms with Gasteiger partial charge in [0.05, 0.1) is 6.42 Å². The smallest absolute Gasteiger partial charge is 0.307 e. The molecule has 0 spiro atoms. The summed E-state index contributed by atoms with van der Waals surface area (Å²) in [6, 6.07) is 0. The van der Waals surface area contributed by atoms with Crippen molar-refractivity contribution in [3.8, 4) is 0 Å². The number of carboxylic acid groups (broad SMARTS) is 1. The van der Waals surface area contributed by atoms with Gasteiger partial charge in [0.1, 0.15) is 0 Å². The zero-order chi connectivity index (χ0) is 8.36. The lowest BCUT2D eigenvalue weighted by Gasteiger charge is -2.16. The van der Waals surface area contributed by atoms with Gasteiger partial charge in [0.15, 0.2) is 5.66 Å². The molecular formula is C4H9N3O3. The monoisotopic (exact) mass is 147 g/mol. The molecule has 6 heteroatoms. The van der Waals surface area contributed by atoms with Crippen LogP contribution in [0, 0.1) is 0 Å². The fourth-order valence-corrected chi connectivity index (χ4v) is 0.337. The summed E-state index contributed by atoms with van der Waals surface area (Å²) < 4.78 is 0. The number of hydrogen-bond acceptors (Lipinski definition) is 4. The standard InChI is InChI=1S/C4H9N3O3/c5-3(10)4(6,7)1-2(8)9/h1,6-7H2,(H2,5,10)(H,8,9). The number of rotatable bonds is 3. The number of amides is 1. The summed E-state index contributed by atoms with van der Waals surface area (Å²) in [5.74, 6) is -2.29. The summed E-state index contributed by atoms with van der Waals surface area (Å²) in [5.41, 5.74) is 12.7. The quantitative estimate of drug-likeness (QED) is 0.329. The minimum atomic E-state index is -1.94. The molecule has 0 heterocycles. The van der Waals surface area contributed by atoms with Crippen LogP contribution in [0.1, 0.15) is 6.42 Å². The Balaban J connectivity index is 4.13. The predicted octanol–water partition coefficient (Wildman–Crippen LogP) is -2.44. The Morgan fingerprint density at radius 1 is 1.40 bits per heavy atom. The van der Waals surface area contributed by atoms with Crippen LogP contribution in [0.25, 0.3) is 0 Å². The molecule has 0 aromatic rings. The van der Waals surface area contributed by atoms with Gasteiger partial charge in [0.25, 0.3) is 5.91 Å². The molecule has 10 heavy (non-hydrogen) atoms. The lowest BCUT2D eigenvalue weighted by atomic mass is 10.1. The molecule has 0 atom stereocenters. The Bertz CT molecular complexity index is 165. The molecule has 0 rings (SSSR count). The van der Waals surface area contributed by atoms with Crippen LogP contribution in [0.2, 0.25) is 0 Å². The maximum absolute atomic E-state index is 10.3. The molecule has 0 radical (unpaired) electrons. The van der Waals surface area contributed by atoms with E-state index in [2.05, 4.69) is 5.73 Å². The van der Waals surface area contributed by atoms with E-state index in [0.717, 1.165) is 0 Å². The highest BCUT2D eigenvalue weighted by Crippen LogP contribution is 1.95. The van der Waals surface area contributed by atoms with E-state index >= 15 is 0 Å². The zero-order valence-corrected chi connectivity index (χ0v) is 5.20. The molecule has 0 bridgehead atoms. The van der Waals surface area contributed by atoms with Crippen LogP contribution in [0.3, 0.4) is 0 Å². The van der Waals surface area contributed by atoms with E-state index in [1.165, 1.54) is 0 Å². The predicted molar refractivity (Wildman–Crippen MR) is 32.6 cm³/mol. The van der Waals surface area contributed by atoms with E-state index < -0.39 is 24.0 Å². The van der Waals surface area contributed by atoms with Crippen LogP contribution in [0.4, 0.5) is 0 Å². The summed E-state index contributed by atoms with van der Waals surface area (Å²) in [7, 11) is 0. The highest BCUT2D eigenvalue weighted by molar-refractivity contribution is 5.88. The van der Waals surface area contributed by atoms with E-state index in [1.54, 1.807) is 0 Å². The van der Waals surface area contributed by atoms with Crippen LogP contribution in [0.15, 0.2) is 0 Å². The van der Waals surface area contributed by atoms with Crippen LogP contribution in [0.5, 0.6) is 0 Å². The van der Waals surface area contributed by atoms with Gasteiger partial charge in [-0.25, -0.2) is 0 Å². The number of aliphatic carboxylic acids is 1. The lowest BCUT2D eigenvalue weighted by Crippen LogP contribution is -2.60. The van der Waals surface area contributed by atoms with Gasteiger partial charge in [-0.2, -0.15) is 0 Å². The fourth-order valence-electron chi connectivity index (χ4n) is 0.337. The second-order valence-electron chi connectivity index (χ2n) is 1.98. The molecular weight excluding hydrogens is 138 g/mol. The fraction of sp³-hybridized carbons (Fsp3) is 0.500. The minimum Gasteiger partial charge on any atom is -0.481 e. The average molecular weight is 147 g/mol. The third-order valence-corrected chi connectivity index (χ3v) is 0.902. The van der Waals surface area contributed by atoms with Gasteiger partial charge in [0.2, 0.25) is 0 Å². The molecule has 7 N–H and O–H groups in total. The van der Waals surface area contributed by atoms with Crippen molar-refractivity contribution in [2.75, 3.05) is 0 Å². The van der Waals surface area contributed by atoms with Crippen molar-refractivity contribution in [3.05, 3.63) is 0 Å². The second-order valence-corrected chi connectivity index (χ2v) is 1.98. The Kier molecular flexibility index (Phi) is 2.33. The van der Waals surface area contributed by atoms with Crippen molar-refractivity contribution in [3.63, 3.8) is 0 Å². The molecule has 6 nitrogen and oxygen atoms in total.